The Kier molecular flexibility index (Phi) is 5.32. The van der Waals surface area contributed by atoms with Crippen LogP contribution in [0.15, 0.2) is 30.3 Å². The molecule has 0 aromatic heterocycles. The Labute approximate surface area is 100 Å². The highest BCUT2D eigenvalue weighted by Gasteiger charge is 2.36. The van der Waals surface area contributed by atoms with Crippen LogP contribution in [0.5, 0.6) is 0 Å². The highest BCUT2D eigenvalue weighted by atomic mass is 19.4. The smallest absolute Gasteiger partial charge is 0.284 e. The second-order valence-corrected chi connectivity index (χ2v) is 4.02. The Balaban J connectivity index is 2.63. The van der Waals surface area contributed by atoms with E-state index in [4.69, 9.17) is 0 Å². The molecule has 4 heteroatoms. The maximum Gasteiger partial charge on any atom is 0.484 e. The number of alkyl halides is 3. The van der Waals surface area contributed by atoms with E-state index in [0.29, 0.717) is 11.3 Å². The van der Waals surface area contributed by atoms with Gasteiger partial charge in [0, 0.05) is 12.2 Å². The van der Waals surface area contributed by atoms with Gasteiger partial charge in [-0.05, 0) is 18.6 Å². The van der Waals surface area contributed by atoms with Gasteiger partial charge in [0.25, 0.3) is 0 Å². The molecule has 96 valence electrons. The fraction of sp³-hybridized carbons (Fsp3) is 0.538. The van der Waals surface area contributed by atoms with Crippen molar-refractivity contribution in [3.63, 3.8) is 0 Å². The molecule has 0 aliphatic heterocycles. The van der Waals surface area contributed by atoms with Crippen molar-refractivity contribution in [3.05, 3.63) is 30.3 Å². The number of anilines is 1. The van der Waals surface area contributed by atoms with Crippen molar-refractivity contribution in [2.24, 2.45) is 0 Å². The Morgan fingerprint density at radius 1 is 1.00 bits per heavy atom. The number of nitrogens with zero attached hydrogens (tertiary/aromatic N) is 1. The van der Waals surface area contributed by atoms with E-state index in [-0.39, 0.29) is 12.2 Å². The Bertz CT molecular complexity index is 308. The molecule has 0 N–H and O–H groups in total. The van der Waals surface area contributed by atoms with Gasteiger partial charge in [0.05, 0.1) is 0 Å². The first-order valence-electron chi connectivity index (χ1n) is 5.95. The summed E-state index contributed by atoms with van der Waals surface area (Å²) in [5, 5.41) is 0. The van der Waals surface area contributed by atoms with E-state index in [2.05, 4.69) is 0 Å². The zero-order chi connectivity index (χ0) is 12.7. The van der Waals surface area contributed by atoms with Crippen LogP contribution in [0.1, 0.15) is 32.6 Å². The van der Waals surface area contributed by atoms with Crippen LogP contribution in [0.4, 0.5) is 18.9 Å². The summed E-state index contributed by atoms with van der Waals surface area (Å²) in [6.45, 7) is 2.08. The van der Waals surface area contributed by atoms with Crippen LogP contribution >= 0.6 is 0 Å². The molecule has 17 heavy (non-hydrogen) atoms. The molecule has 1 nitrogen and oxygen atoms in total. The first-order chi connectivity index (χ1) is 8.05. The molecule has 0 bridgehead atoms. The average molecular weight is 245 g/mol. The third-order valence-corrected chi connectivity index (χ3v) is 2.61. The first kappa shape index (κ1) is 13.9. The van der Waals surface area contributed by atoms with Crippen LogP contribution in [0, 0.1) is 0 Å². The lowest BCUT2D eigenvalue weighted by Gasteiger charge is -2.27. The van der Waals surface area contributed by atoms with Crippen LogP contribution in [0.25, 0.3) is 0 Å². The number of unbranched alkanes of at least 4 members (excludes halogenated alkanes) is 3. The van der Waals surface area contributed by atoms with E-state index in [9.17, 15) is 13.2 Å². The summed E-state index contributed by atoms with van der Waals surface area (Å²) < 4.78 is 38.5. The molecular weight excluding hydrogens is 227 g/mol. The topological polar surface area (TPSA) is 3.24 Å². The van der Waals surface area contributed by atoms with Crippen LogP contribution < -0.4 is 4.90 Å². The minimum absolute atomic E-state index is 0.0352. The standard InChI is InChI=1S/C13H18F3N/c1-2-3-4-8-11-17(13(14,15)16)12-9-6-5-7-10-12/h5-7,9-10H,2-4,8,11H2,1H3. The van der Waals surface area contributed by atoms with Gasteiger partial charge in [-0.3, -0.25) is 4.90 Å². The fourth-order valence-electron chi connectivity index (χ4n) is 1.71. The van der Waals surface area contributed by atoms with Crippen molar-refractivity contribution in [1.82, 2.24) is 0 Å². The van der Waals surface area contributed by atoms with Gasteiger partial charge in [0.1, 0.15) is 0 Å². The summed E-state index contributed by atoms with van der Waals surface area (Å²) in [4.78, 5) is 0.517. The summed E-state index contributed by atoms with van der Waals surface area (Å²) in [5.74, 6) is 0. The van der Waals surface area contributed by atoms with Gasteiger partial charge in [-0.15, -0.1) is 0 Å². The summed E-state index contributed by atoms with van der Waals surface area (Å²) in [5.41, 5.74) is 0.219. The summed E-state index contributed by atoms with van der Waals surface area (Å²) in [6.07, 6.45) is -0.871. The minimum atomic E-state index is -4.30. The highest BCUT2D eigenvalue weighted by Crippen LogP contribution is 2.28. The summed E-state index contributed by atoms with van der Waals surface area (Å²) in [7, 11) is 0. The fourth-order valence-corrected chi connectivity index (χ4v) is 1.71. The van der Waals surface area contributed by atoms with Gasteiger partial charge in [-0.2, -0.15) is 13.2 Å². The van der Waals surface area contributed by atoms with E-state index in [1.165, 1.54) is 12.1 Å². The maximum atomic E-state index is 12.8. The van der Waals surface area contributed by atoms with Crippen LogP contribution in [-0.2, 0) is 0 Å². The number of benzene rings is 1. The molecule has 0 fully saturated rings. The molecule has 0 atom stereocenters. The molecular formula is C13H18F3N. The van der Waals surface area contributed by atoms with Gasteiger partial charge in [0.15, 0.2) is 0 Å². The summed E-state index contributed by atoms with van der Waals surface area (Å²) in [6, 6.07) is 7.95. The predicted octanol–water partition coefficient (Wildman–Crippen LogP) is 4.59. The maximum absolute atomic E-state index is 12.8. The molecule has 0 heterocycles. The van der Waals surface area contributed by atoms with Crippen molar-refractivity contribution >= 4 is 5.69 Å². The normalized spacial score (nSPS) is 11.5. The van der Waals surface area contributed by atoms with Gasteiger partial charge >= 0.3 is 6.30 Å². The third-order valence-electron chi connectivity index (χ3n) is 2.61. The SMILES string of the molecule is CCCCCCN(c1ccccc1)C(F)(F)F. The van der Waals surface area contributed by atoms with E-state index in [1.807, 2.05) is 6.92 Å². The van der Waals surface area contributed by atoms with E-state index in [0.717, 1.165) is 19.3 Å². The number of hydrogen-bond acceptors (Lipinski definition) is 1. The van der Waals surface area contributed by atoms with Crippen LogP contribution in [0.3, 0.4) is 0 Å². The molecule has 0 amide bonds. The van der Waals surface area contributed by atoms with E-state index in [1.54, 1.807) is 18.2 Å². The second kappa shape index (κ2) is 6.52. The molecule has 0 spiro atoms. The monoisotopic (exact) mass is 245 g/mol. The second-order valence-electron chi connectivity index (χ2n) is 4.02. The largest absolute Gasteiger partial charge is 0.484 e. The Morgan fingerprint density at radius 2 is 1.65 bits per heavy atom. The van der Waals surface area contributed by atoms with Gasteiger partial charge in [-0.1, -0.05) is 44.4 Å². The van der Waals surface area contributed by atoms with Crippen LogP contribution in [-0.4, -0.2) is 12.8 Å². The lowest BCUT2D eigenvalue weighted by Crippen LogP contribution is -2.38. The zero-order valence-electron chi connectivity index (χ0n) is 10.0. The molecule has 0 unspecified atom stereocenters. The molecule has 0 aliphatic carbocycles. The molecule has 1 rings (SSSR count). The number of para-hydroxylation sites is 1. The molecule has 0 aliphatic rings. The lowest BCUT2D eigenvalue weighted by atomic mass is 10.2. The van der Waals surface area contributed by atoms with Gasteiger partial charge in [-0.25, -0.2) is 0 Å². The van der Waals surface area contributed by atoms with E-state index >= 15 is 0 Å². The molecule has 1 aromatic carbocycles. The van der Waals surface area contributed by atoms with Crippen molar-refractivity contribution in [3.8, 4) is 0 Å². The van der Waals surface area contributed by atoms with Gasteiger partial charge < -0.3 is 0 Å². The minimum Gasteiger partial charge on any atom is -0.284 e. The molecule has 0 saturated heterocycles. The Morgan fingerprint density at radius 3 is 2.18 bits per heavy atom. The molecule has 0 saturated carbocycles. The highest BCUT2D eigenvalue weighted by molar-refractivity contribution is 5.46. The molecule has 1 aromatic rings. The number of halogens is 3. The van der Waals surface area contributed by atoms with E-state index < -0.39 is 6.30 Å². The number of hydrogen-bond donors (Lipinski definition) is 0. The predicted molar refractivity (Wildman–Crippen MR) is 64.0 cm³/mol. The number of rotatable bonds is 6. The van der Waals surface area contributed by atoms with Crippen molar-refractivity contribution in [1.29, 1.82) is 0 Å². The quantitative estimate of drug-likeness (QED) is 0.523. The first-order valence-corrected chi connectivity index (χ1v) is 5.95. The molecule has 0 radical (unpaired) electrons. The van der Waals surface area contributed by atoms with Crippen LogP contribution in [0.2, 0.25) is 0 Å². The Hall–Kier alpha value is -1.19. The summed E-state index contributed by atoms with van der Waals surface area (Å²) >= 11 is 0. The third kappa shape index (κ3) is 4.67. The van der Waals surface area contributed by atoms with Crippen molar-refractivity contribution < 1.29 is 13.2 Å². The van der Waals surface area contributed by atoms with Gasteiger partial charge in [0.2, 0.25) is 0 Å². The zero-order valence-corrected chi connectivity index (χ0v) is 10.0. The van der Waals surface area contributed by atoms with Crippen molar-refractivity contribution in [2.45, 2.75) is 38.9 Å². The average Bonchev–Trinajstić information content (AvgIpc) is 2.28. The lowest BCUT2D eigenvalue weighted by molar-refractivity contribution is -0.129. The van der Waals surface area contributed by atoms with Crippen molar-refractivity contribution in [2.75, 3.05) is 11.4 Å².